The minimum absolute atomic E-state index is 0.0705. The van der Waals surface area contributed by atoms with E-state index in [1.807, 2.05) is 0 Å². The molecule has 17 heavy (non-hydrogen) atoms. The van der Waals surface area contributed by atoms with Gasteiger partial charge in [-0.1, -0.05) is 0 Å². The summed E-state index contributed by atoms with van der Waals surface area (Å²) in [5, 5.41) is 0. The summed E-state index contributed by atoms with van der Waals surface area (Å²) in [4.78, 5) is 27.7. The van der Waals surface area contributed by atoms with Crippen LogP contribution in [-0.2, 0) is 9.53 Å². The molecule has 0 saturated heterocycles. The molecule has 2 aromatic rings. The molecule has 0 aliphatic heterocycles. The number of methoxy groups -OCH3 is 1. The monoisotopic (exact) mass is 236 g/mol. The highest BCUT2D eigenvalue weighted by molar-refractivity contribution is 5.86. The van der Waals surface area contributed by atoms with Crippen molar-refractivity contribution >= 4 is 28.9 Å². The number of hydrogen-bond acceptors (Lipinski definition) is 7. The summed E-state index contributed by atoms with van der Waals surface area (Å²) in [5.74, 6) is 0.254. The van der Waals surface area contributed by atoms with Crippen LogP contribution in [0.4, 0.5) is 11.8 Å². The number of likely N-dealkylation sites (N-methyl/N-ethyl adjacent to an activating group) is 1. The number of hydrogen-bond donors (Lipinski definition) is 2. The summed E-state index contributed by atoms with van der Waals surface area (Å²) in [5.41, 5.74) is 6.66. The average Bonchev–Trinajstić information content (AvgIpc) is 2.75. The number of fused-ring (bicyclic) bond motifs is 1. The third-order valence-corrected chi connectivity index (χ3v) is 2.24. The van der Waals surface area contributed by atoms with Crippen LogP contribution < -0.4 is 10.6 Å². The second kappa shape index (κ2) is 4.24. The predicted octanol–water partition coefficient (Wildman–Crippen LogP) is -0.456. The highest BCUT2D eigenvalue weighted by Gasteiger charge is 2.15. The molecule has 2 rings (SSSR count). The first-order valence-corrected chi connectivity index (χ1v) is 4.86. The van der Waals surface area contributed by atoms with Crippen LogP contribution in [0.2, 0.25) is 0 Å². The lowest BCUT2D eigenvalue weighted by molar-refractivity contribution is -0.138. The fraction of sp³-hybridized carbons (Fsp3) is 0.333. The number of aromatic nitrogens is 4. The number of nitrogens with zero attached hydrogens (tertiary/aromatic N) is 4. The van der Waals surface area contributed by atoms with Crippen LogP contribution in [0.1, 0.15) is 0 Å². The van der Waals surface area contributed by atoms with E-state index in [-0.39, 0.29) is 18.5 Å². The smallest absolute Gasteiger partial charge is 0.325 e. The third-order valence-electron chi connectivity index (χ3n) is 2.24. The van der Waals surface area contributed by atoms with Crippen LogP contribution in [0.25, 0.3) is 11.2 Å². The molecule has 0 amide bonds. The fourth-order valence-corrected chi connectivity index (χ4v) is 1.44. The minimum atomic E-state index is -0.364. The molecule has 0 saturated carbocycles. The van der Waals surface area contributed by atoms with Gasteiger partial charge in [0.25, 0.3) is 0 Å². The SMILES string of the molecule is COC(=O)CN(C)c1nc(N)nc2nc[nH]c12. The Balaban J connectivity index is 2.39. The molecule has 0 atom stereocenters. The largest absolute Gasteiger partial charge is 0.468 e. The number of carbonyl (C=O) groups excluding carboxylic acids is 1. The summed E-state index contributed by atoms with van der Waals surface area (Å²) in [6.07, 6.45) is 1.49. The number of nitrogens with two attached hydrogens (primary N) is 1. The molecule has 8 heteroatoms. The maximum Gasteiger partial charge on any atom is 0.325 e. The topological polar surface area (TPSA) is 110 Å². The summed E-state index contributed by atoms with van der Waals surface area (Å²) < 4.78 is 4.59. The van der Waals surface area contributed by atoms with E-state index in [0.717, 1.165) is 0 Å². The Morgan fingerprint density at radius 1 is 1.59 bits per heavy atom. The Morgan fingerprint density at radius 3 is 3.06 bits per heavy atom. The third kappa shape index (κ3) is 2.10. The van der Waals surface area contributed by atoms with Crippen molar-refractivity contribution < 1.29 is 9.53 Å². The van der Waals surface area contributed by atoms with Crippen molar-refractivity contribution in [2.45, 2.75) is 0 Å². The number of rotatable bonds is 3. The molecule has 2 heterocycles. The molecule has 90 valence electrons. The summed E-state index contributed by atoms with van der Waals surface area (Å²) in [7, 11) is 3.04. The normalized spacial score (nSPS) is 10.5. The van der Waals surface area contributed by atoms with E-state index < -0.39 is 0 Å². The molecule has 8 nitrogen and oxygen atoms in total. The molecule has 0 aliphatic rings. The van der Waals surface area contributed by atoms with Gasteiger partial charge in [-0.05, 0) is 0 Å². The number of nitrogen functional groups attached to an aromatic ring is 1. The van der Waals surface area contributed by atoms with Crippen molar-refractivity contribution in [2.75, 3.05) is 31.3 Å². The zero-order chi connectivity index (χ0) is 12.4. The van der Waals surface area contributed by atoms with Crippen molar-refractivity contribution in [1.29, 1.82) is 0 Å². The number of esters is 1. The molecule has 0 radical (unpaired) electrons. The first-order chi connectivity index (χ1) is 8.11. The number of ether oxygens (including phenoxy) is 1. The standard InChI is InChI=1S/C9H12N6O2/c1-15(3-5(16)17-2)8-6-7(12-4-11-6)13-9(10)14-8/h4H,3H2,1-2H3,(H3,10,11,12,13,14). The van der Waals surface area contributed by atoms with Crippen molar-refractivity contribution in [3.63, 3.8) is 0 Å². The van der Waals surface area contributed by atoms with Crippen LogP contribution in [-0.4, -0.2) is 46.6 Å². The van der Waals surface area contributed by atoms with Crippen LogP contribution in [0.15, 0.2) is 6.33 Å². The Morgan fingerprint density at radius 2 is 2.35 bits per heavy atom. The van der Waals surface area contributed by atoms with Gasteiger partial charge in [0.05, 0.1) is 13.4 Å². The zero-order valence-electron chi connectivity index (χ0n) is 9.47. The lowest BCUT2D eigenvalue weighted by atomic mass is 10.4. The lowest BCUT2D eigenvalue weighted by Gasteiger charge is -2.16. The maximum atomic E-state index is 11.2. The molecule has 0 unspecified atom stereocenters. The molecule has 0 aromatic carbocycles. The number of nitrogens with one attached hydrogen (secondary N) is 1. The van der Waals surface area contributed by atoms with Crippen LogP contribution in [0.3, 0.4) is 0 Å². The first-order valence-electron chi connectivity index (χ1n) is 4.86. The fourth-order valence-electron chi connectivity index (χ4n) is 1.44. The second-order valence-electron chi connectivity index (χ2n) is 3.44. The van der Waals surface area contributed by atoms with Gasteiger partial charge in [0.1, 0.15) is 12.1 Å². The second-order valence-corrected chi connectivity index (χ2v) is 3.44. The van der Waals surface area contributed by atoms with E-state index in [2.05, 4.69) is 24.7 Å². The van der Waals surface area contributed by atoms with E-state index in [4.69, 9.17) is 5.73 Å². The molecule has 0 bridgehead atoms. The van der Waals surface area contributed by atoms with Crippen molar-refractivity contribution in [1.82, 2.24) is 19.9 Å². The minimum Gasteiger partial charge on any atom is -0.468 e. The van der Waals surface area contributed by atoms with Gasteiger partial charge < -0.3 is 20.4 Å². The molecular weight excluding hydrogens is 224 g/mol. The van der Waals surface area contributed by atoms with E-state index in [0.29, 0.717) is 17.0 Å². The quantitative estimate of drug-likeness (QED) is 0.694. The van der Waals surface area contributed by atoms with Gasteiger partial charge in [0, 0.05) is 7.05 Å². The Kier molecular flexibility index (Phi) is 2.77. The van der Waals surface area contributed by atoms with E-state index in [1.54, 1.807) is 11.9 Å². The molecular formula is C9H12N6O2. The molecule has 2 aromatic heterocycles. The number of aromatic amines is 1. The molecule has 0 spiro atoms. The number of imidazole rings is 1. The predicted molar refractivity (Wildman–Crippen MR) is 61.4 cm³/mol. The van der Waals surface area contributed by atoms with Crippen LogP contribution in [0.5, 0.6) is 0 Å². The van der Waals surface area contributed by atoms with Crippen molar-refractivity contribution in [2.24, 2.45) is 0 Å². The molecule has 0 aliphatic carbocycles. The van der Waals surface area contributed by atoms with Gasteiger partial charge in [-0.2, -0.15) is 9.97 Å². The van der Waals surface area contributed by atoms with Crippen molar-refractivity contribution in [3.8, 4) is 0 Å². The Labute approximate surface area is 96.8 Å². The van der Waals surface area contributed by atoms with Gasteiger partial charge in [-0.15, -0.1) is 0 Å². The Bertz CT molecular complexity index is 551. The average molecular weight is 236 g/mol. The molecule has 3 N–H and O–H groups in total. The van der Waals surface area contributed by atoms with Crippen LogP contribution in [0, 0.1) is 0 Å². The summed E-state index contributed by atoms with van der Waals surface area (Å²) in [6, 6.07) is 0. The molecule has 0 fully saturated rings. The van der Waals surface area contributed by atoms with Crippen molar-refractivity contribution in [3.05, 3.63) is 6.33 Å². The Hall–Kier alpha value is -2.38. The lowest BCUT2D eigenvalue weighted by Crippen LogP contribution is -2.27. The highest BCUT2D eigenvalue weighted by atomic mass is 16.5. The van der Waals surface area contributed by atoms with Gasteiger partial charge >= 0.3 is 5.97 Å². The van der Waals surface area contributed by atoms with Gasteiger partial charge in [-0.25, -0.2) is 4.98 Å². The van der Waals surface area contributed by atoms with Gasteiger partial charge in [0.15, 0.2) is 11.5 Å². The van der Waals surface area contributed by atoms with E-state index in [9.17, 15) is 4.79 Å². The van der Waals surface area contributed by atoms with E-state index in [1.165, 1.54) is 13.4 Å². The van der Waals surface area contributed by atoms with E-state index >= 15 is 0 Å². The number of carbonyl (C=O) groups is 1. The summed E-state index contributed by atoms with van der Waals surface area (Å²) >= 11 is 0. The summed E-state index contributed by atoms with van der Waals surface area (Å²) in [6.45, 7) is 0.0705. The number of H-pyrrole nitrogens is 1. The van der Waals surface area contributed by atoms with Gasteiger partial charge in [0.2, 0.25) is 5.95 Å². The van der Waals surface area contributed by atoms with Crippen LogP contribution >= 0.6 is 0 Å². The van der Waals surface area contributed by atoms with Gasteiger partial charge in [-0.3, -0.25) is 4.79 Å². The highest BCUT2D eigenvalue weighted by Crippen LogP contribution is 2.20. The maximum absolute atomic E-state index is 11.2. The number of anilines is 2. The first kappa shape index (κ1) is 11.1. The zero-order valence-corrected chi connectivity index (χ0v) is 9.47.